The van der Waals surface area contributed by atoms with Crippen LogP contribution in [0.25, 0.3) is 0 Å². The molecule has 7 nitrogen and oxygen atoms in total. The Kier molecular flexibility index (Phi) is 8.20. The molecule has 0 saturated carbocycles. The van der Waals surface area contributed by atoms with Gasteiger partial charge in [0, 0.05) is 42.2 Å². The summed E-state index contributed by atoms with van der Waals surface area (Å²) < 4.78 is 12.6. The fourth-order valence-corrected chi connectivity index (χ4v) is 4.52. The lowest BCUT2D eigenvalue weighted by atomic mass is 9.66. The van der Waals surface area contributed by atoms with E-state index in [1.54, 1.807) is 35.9 Å². The summed E-state index contributed by atoms with van der Waals surface area (Å²) in [6, 6.07) is 8.39. The van der Waals surface area contributed by atoms with Gasteiger partial charge in [-0.2, -0.15) is 0 Å². The van der Waals surface area contributed by atoms with Crippen LogP contribution in [-0.4, -0.2) is 29.5 Å². The van der Waals surface area contributed by atoms with Crippen LogP contribution in [0.5, 0.6) is 11.5 Å². The molecule has 1 aliphatic carbocycles. The van der Waals surface area contributed by atoms with Crippen LogP contribution in [0.1, 0.15) is 51.8 Å². The minimum Gasteiger partial charge on any atom is -0.497 e. The maximum Gasteiger partial charge on any atom is 0.417 e. The summed E-state index contributed by atoms with van der Waals surface area (Å²) in [7, 11) is 1.56. The van der Waals surface area contributed by atoms with Crippen molar-refractivity contribution >= 4 is 11.8 Å². The molecule has 2 aromatic rings. The maximum atomic E-state index is 13.0. The highest BCUT2D eigenvalue weighted by Gasteiger charge is 2.37. The molecule has 1 aliphatic rings. The number of rotatable bonds is 8. The molecular weight excluding hydrogens is 432 g/mol. The van der Waals surface area contributed by atoms with Crippen molar-refractivity contribution in [3.05, 3.63) is 63.6 Å². The van der Waals surface area contributed by atoms with E-state index < -0.39 is 6.09 Å². The molecule has 0 radical (unpaired) electrons. The smallest absolute Gasteiger partial charge is 0.417 e. The van der Waals surface area contributed by atoms with Gasteiger partial charge in [0.15, 0.2) is 0 Å². The first kappa shape index (κ1) is 25.6. The predicted molar refractivity (Wildman–Crippen MR) is 134 cm³/mol. The van der Waals surface area contributed by atoms with Gasteiger partial charge in [-0.3, -0.25) is 10.1 Å². The molecule has 3 rings (SSSR count). The van der Waals surface area contributed by atoms with E-state index in [2.05, 4.69) is 39.1 Å². The van der Waals surface area contributed by atoms with Gasteiger partial charge in [-0.05, 0) is 63.0 Å². The number of aliphatic hydroxyl groups is 1. The molecule has 1 aromatic heterocycles. The second-order valence-corrected chi connectivity index (χ2v) is 9.83. The third-order valence-electron chi connectivity index (χ3n) is 6.54. The summed E-state index contributed by atoms with van der Waals surface area (Å²) in [6.07, 6.45) is 4.39. The first-order valence-electron chi connectivity index (χ1n) is 11.8. The Labute approximate surface area is 201 Å². The first-order valence-corrected chi connectivity index (χ1v) is 11.8. The zero-order valence-corrected chi connectivity index (χ0v) is 20.8. The van der Waals surface area contributed by atoms with Crippen molar-refractivity contribution in [3.63, 3.8) is 0 Å². The molecule has 1 atom stereocenters. The third kappa shape index (κ3) is 6.08. The van der Waals surface area contributed by atoms with Crippen molar-refractivity contribution in [1.82, 2.24) is 4.57 Å². The second kappa shape index (κ2) is 10.9. The molecule has 7 heteroatoms. The fraction of sp³-hybridized carbons (Fsp3) is 0.481. The minimum absolute atomic E-state index is 0.00893. The molecular formula is C27H36N2O5. The number of ether oxygens (including phenoxy) is 2. The van der Waals surface area contributed by atoms with E-state index in [9.17, 15) is 14.7 Å². The number of hydrogen-bond acceptors (Lipinski definition) is 5. The number of fused-ring (bicyclic) bond motifs is 1. The van der Waals surface area contributed by atoms with E-state index in [0.29, 0.717) is 48.9 Å². The average molecular weight is 469 g/mol. The van der Waals surface area contributed by atoms with Crippen molar-refractivity contribution in [2.45, 2.75) is 59.9 Å². The highest BCUT2D eigenvalue weighted by Crippen LogP contribution is 2.44. The molecule has 1 unspecified atom stereocenters. The highest BCUT2D eigenvalue weighted by molar-refractivity contribution is 5.86. The van der Waals surface area contributed by atoms with Crippen LogP contribution in [0.2, 0.25) is 0 Å². The summed E-state index contributed by atoms with van der Waals surface area (Å²) in [5, 5.41) is 12.0. The molecule has 1 aromatic carbocycles. The van der Waals surface area contributed by atoms with Gasteiger partial charge in [-0.15, -0.1) is 0 Å². The van der Waals surface area contributed by atoms with Gasteiger partial charge in [0.05, 0.1) is 7.11 Å². The van der Waals surface area contributed by atoms with E-state index in [0.717, 1.165) is 17.7 Å². The van der Waals surface area contributed by atoms with Gasteiger partial charge < -0.3 is 19.1 Å². The van der Waals surface area contributed by atoms with Gasteiger partial charge in [-0.1, -0.05) is 31.6 Å². The van der Waals surface area contributed by atoms with Gasteiger partial charge in [-0.25, -0.2) is 4.79 Å². The number of aromatic nitrogens is 1. The maximum absolute atomic E-state index is 13.0. The van der Waals surface area contributed by atoms with E-state index in [1.807, 2.05) is 0 Å². The number of allylic oxidation sites excluding steroid dienone is 2. The Morgan fingerprint density at radius 1 is 1.29 bits per heavy atom. The number of anilines is 1. The Bertz CT molecular complexity index is 1110. The lowest BCUT2D eigenvalue weighted by molar-refractivity contribution is 0.182. The lowest BCUT2D eigenvalue weighted by Gasteiger charge is -2.41. The van der Waals surface area contributed by atoms with Crippen molar-refractivity contribution in [3.8, 4) is 11.5 Å². The largest absolute Gasteiger partial charge is 0.497 e. The molecule has 0 spiro atoms. The summed E-state index contributed by atoms with van der Waals surface area (Å²) >= 11 is 0. The standard InChI is InChI=1S/C27H36N2O5/c1-18(2)10-11-19-14-22-23(17-27(19,3)4)29(12-7-13-30)25(31)16-24(22)34-26(32)28-20-8-6-9-21(15-20)33-5/h6,8-10,15-16,19,30H,7,11-14,17H2,1-5H3,(H,28,32). The number of nitrogens with zero attached hydrogens (tertiary/aromatic N) is 1. The van der Waals surface area contributed by atoms with Crippen LogP contribution < -0.4 is 20.3 Å². The second-order valence-electron chi connectivity index (χ2n) is 9.83. The quantitative estimate of drug-likeness (QED) is 0.535. The number of hydrogen-bond donors (Lipinski definition) is 2. The Morgan fingerprint density at radius 3 is 2.74 bits per heavy atom. The molecule has 0 bridgehead atoms. The SMILES string of the molecule is COc1cccc(NC(=O)Oc2cc(=O)n(CCCO)c3c2CC(CC=C(C)C)C(C)(C)C3)c1. The first-order chi connectivity index (χ1) is 16.1. The Balaban J connectivity index is 1.96. The normalized spacial score (nSPS) is 16.4. The number of aliphatic hydroxyl groups excluding tert-OH is 1. The molecule has 34 heavy (non-hydrogen) atoms. The van der Waals surface area contributed by atoms with Crippen LogP contribution in [-0.2, 0) is 19.4 Å². The zero-order valence-electron chi connectivity index (χ0n) is 20.8. The van der Waals surface area contributed by atoms with Gasteiger partial charge in [0.2, 0.25) is 0 Å². The number of carbonyl (C=O) groups excluding carboxylic acids is 1. The molecule has 2 N–H and O–H groups in total. The molecule has 0 saturated heterocycles. The molecule has 0 aliphatic heterocycles. The van der Waals surface area contributed by atoms with E-state index >= 15 is 0 Å². The van der Waals surface area contributed by atoms with Crippen molar-refractivity contribution in [2.75, 3.05) is 19.0 Å². The number of amides is 1. The Hall–Kier alpha value is -3.06. The van der Waals surface area contributed by atoms with Crippen LogP contribution in [0.15, 0.2) is 46.8 Å². The summed E-state index contributed by atoms with van der Waals surface area (Å²) in [6.45, 7) is 9.08. The molecule has 1 heterocycles. The summed E-state index contributed by atoms with van der Waals surface area (Å²) in [4.78, 5) is 25.7. The highest BCUT2D eigenvalue weighted by atomic mass is 16.6. The van der Waals surface area contributed by atoms with Crippen LogP contribution in [0.4, 0.5) is 10.5 Å². The third-order valence-corrected chi connectivity index (χ3v) is 6.54. The number of methoxy groups -OCH3 is 1. The summed E-state index contributed by atoms with van der Waals surface area (Å²) in [5.41, 5.74) is 3.33. The molecule has 0 fully saturated rings. The van der Waals surface area contributed by atoms with E-state index in [1.165, 1.54) is 11.6 Å². The van der Waals surface area contributed by atoms with E-state index in [4.69, 9.17) is 9.47 Å². The summed E-state index contributed by atoms with van der Waals surface area (Å²) in [5.74, 6) is 1.26. The minimum atomic E-state index is -0.659. The number of benzene rings is 1. The van der Waals surface area contributed by atoms with Crippen LogP contribution in [0, 0.1) is 11.3 Å². The number of nitrogens with one attached hydrogen (secondary N) is 1. The topological polar surface area (TPSA) is 89.8 Å². The average Bonchev–Trinajstić information content (AvgIpc) is 2.77. The van der Waals surface area contributed by atoms with Gasteiger partial charge >= 0.3 is 6.09 Å². The van der Waals surface area contributed by atoms with Gasteiger partial charge in [0.25, 0.3) is 5.56 Å². The number of pyridine rings is 1. The monoisotopic (exact) mass is 468 g/mol. The van der Waals surface area contributed by atoms with Crippen molar-refractivity contribution in [2.24, 2.45) is 11.3 Å². The number of carbonyl (C=O) groups is 1. The van der Waals surface area contributed by atoms with Crippen LogP contribution in [0.3, 0.4) is 0 Å². The van der Waals surface area contributed by atoms with Crippen LogP contribution >= 0.6 is 0 Å². The predicted octanol–water partition coefficient (Wildman–Crippen LogP) is 4.95. The lowest BCUT2D eigenvalue weighted by Crippen LogP contribution is -2.38. The Morgan fingerprint density at radius 2 is 2.06 bits per heavy atom. The van der Waals surface area contributed by atoms with E-state index in [-0.39, 0.29) is 17.6 Å². The van der Waals surface area contributed by atoms with Crippen molar-refractivity contribution in [1.29, 1.82) is 0 Å². The molecule has 1 amide bonds. The van der Waals surface area contributed by atoms with Gasteiger partial charge in [0.1, 0.15) is 11.5 Å². The zero-order chi connectivity index (χ0) is 24.9. The van der Waals surface area contributed by atoms with Crippen molar-refractivity contribution < 1.29 is 19.4 Å². The fourth-order valence-electron chi connectivity index (χ4n) is 4.52. The molecule has 184 valence electrons.